The van der Waals surface area contributed by atoms with Crippen LogP contribution in [0.3, 0.4) is 0 Å². The van der Waals surface area contributed by atoms with Gasteiger partial charge in [0.05, 0.1) is 20.7 Å². The minimum Gasteiger partial charge on any atom is -0.726 e. The predicted octanol–water partition coefficient (Wildman–Crippen LogP) is -1.27. The molecule has 0 bridgehead atoms. The molecule has 0 aromatic heterocycles. The van der Waals surface area contributed by atoms with Crippen LogP contribution in [0, 0.1) is 0 Å². The Labute approximate surface area is 108 Å². The number of hydrogen-bond acceptors (Lipinski definition) is 6. The van der Waals surface area contributed by atoms with E-state index in [2.05, 4.69) is 10.8 Å². The molecule has 0 amide bonds. The first kappa shape index (κ1) is 19.4. The maximum absolute atomic E-state index is 10.4. The van der Waals surface area contributed by atoms with Gasteiger partial charge in [-0.3, -0.25) is 4.18 Å². The third kappa shape index (κ3) is 20.5. The number of hydrogen-bond donors (Lipinski definition) is 1. The van der Waals surface area contributed by atoms with Gasteiger partial charge in [0, 0.05) is 6.08 Å². The Morgan fingerprint density at radius 3 is 2.22 bits per heavy atom. The molecule has 0 heterocycles. The predicted molar refractivity (Wildman–Crippen MR) is 64.8 cm³/mol. The van der Waals surface area contributed by atoms with Crippen LogP contribution in [0.5, 0.6) is 0 Å². The Morgan fingerprint density at radius 1 is 1.39 bits per heavy atom. The second-order valence-electron chi connectivity index (χ2n) is 3.56. The third-order valence-electron chi connectivity index (χ3n) is 1.44. The smallest absolute Gasteiger partial charge is 0.330 e. The number of quaternary nitrogens is 1. The van der Waals surface area contributed by atoms with E-state index in [4.69, 9.17) is 4.74 Å². The highest BCUT2D eigenvalue weighted by molar-refractivity contribution is 7.80. The van der Waals surface area contributed by atoms with Crippen molar-refractivity contribution in [1.82, 2.24) is 0 Å². The Morgan fingerprint density at radius 2 is 1.94 bits per heavy atom. The first-order chi connectivity index (χ1) is 8.22. The molecule has 0 radical (unpaired) electrons. The second-order valence-corrected chi connectivity index (χ2v) is 4.61. The Balaban J connectivity index is 0. The highest BCUT2D eigenvalue weighted by atomic mass is 32.3. The van der Waals surface area contributed by atoms with Crippen LogP contribution in [-0.4, -0.2) is 52.8 Å². The minimum absolute atomic E-state index is 0.0220. The molecule has 0 aliphatic rings. The van der Waals surface area contributed by atoms with Gasteiger partial charge in [0.2, 0.25) is 10.4 Å². The summed E-state index contributed by atoms with van der Waals surface area (Å²) in [6.07, 6.45) is 1.70. The number of carbonyl (C=O) groups is 1. The van der Waals surface area contributed by atoms with Crippen molar-refractivity contribution < 1.29 is 31.6 Å². The highest BCUT2D eigenvalue weighted by Crippen LogP contribution is 1.86. The van der Waals surface area contributed by atoms with Crippen molar-refractivity contribution in [3.05, 3.63) is 12.7 Å². The van der Waals surface area contributed by atoms with Crippen molar-refractivity contribution in [2.24, 2.45) is 0 Å². The summed E-state index contributed by atoms with van der Waals surface area (Å²) in [7, 11) is -0.433. The second kappa shape index (κ2) is 11.1. The number of nitrogens with one attached hydrogen (secondary N) is 1. The molecule has 0 fully saturated rings. The van der Waals surface area contributed by atoms with Gasteiger partial charge in [0.15, 0.2) is 0 Å². The van der Waals surface area contributed by atoms with Gasteiger partial charge in [-0.15, -0.1) is 0 Å². The van der Waals surface area contributed by atoms with Crippen molar-refractivity contribution in [3.8, 4) is 0 Å². The van der Waals surface area contributed by atoms with Gasteiger partial charge in [0.25, 0.3) is 0 Å². The molecule has 8 heteroatoms. The highest BCUT2D eigenvalue weighted by Gasteiger charge is 1.96. The molecule has 108 valence electrons. The zero-order valence-corrected chi connectivity index (χ0v) is 11.8. The molecule has 0 unspecified atom stereocenters. The largest absolute Gasteiger partial charge is 0.726 e. The molecule has 0 saturated carbocycles. The summed E-state index contributed by atoms with van der Waals surface area (Å²) < 4.78 is 37.4. The van der Waals surface area contributed by atoms with Gasteiger partial charge in [-0.05, 0) is 6.42 Å². The van der Waals surface area contributed by atoms with Gasteiger partial charge in [0.1, 0.15) is 13.2 Å². The average Bonchev–Trinajstić information content (AvgIpc) is 2.25. The van der Waals surface area contributed by atoms with E-state index in [0.717, 1.165) is 6.54 Å². The zero-order chi connectivity index (χ0) is 14.6. The van der Waals surface area contributed by atoms with Gasteiger partial charge in [-0.25, -0.2) is 13.2 Å². The lowest BCUT2D eigenvalue weighted by Crippen LogP contribution is -3.06. The van der Waals surface area contributed by atoms with Crippen LogP contribution in [0.1, 0.15) is 13.3 Å². The van der Waals surface area contributed by atoms with Crippen LogP contribution >= 0.6 is 0 Å². The zero-order valence-electron chi connectivity index (χ0n) is 11.0. The van der Waals surface area contributed by atoms with E-state index < -0.39 is 10.4 Å². The maximum atomic E-state index is 10.4. The Bertz CT molecular complexity index is 325. The number of ether oxygens (including phenoxy) is 1. The van der Waals surface area contributed by atoms with Crippen LogP contribution in [0.25, 0.3) is 0 Å². The van der Waals surface area contributed by atoms with E-state index >= 15 is 0 Å². The Kier molecular flexibility index (Phi) is 12.0. The maximum Gasteiger partial charge on any atom is 0.330 e. The van der Waals surface area contributed by atoms with Gasteiger partial charge in [-0.1, -0.05) is 13.5 Å². The van der Waals surface area contributed by atoms with E-state index in [-0.39, 0.29) is 12.6 Å². The molecule has 0 saturated heterocycles. The van der Waals surface area contributed by atoms with Crippen molar-refractivity contribution in [1.29, 1.82) is 0 Å². The molecule has 7 nitrogen and oxygen atoms in total. The topological polar surface area (TPSA) is 97.2 Å². The van der Waals surface area contributed by atoms with Gasteiger partial charge >= 0.3 is 5.97 Å². The molecule has 0 spiro atoms. The first-order valence-corrected chi connectivity index (χ1v) is 6.74. The molecule has 18 heavy (non-hydrogen) atoms. The number of esters is 1. The van der Waals surface area contributed by atoms with Crippen molar-refractivity contribution >= 4 is 16.4 Å². The summed E-state index contributed by atoms with van der Waals surface area (Å²) in [5.74, 6) is -0.346. The standard InChI is InChI=1S/C7H13NO2.C3H8O4S/c1-4-7(9)10-6-5-8(2)3;1-2-3-7-8(4,5)6/h4H,1,5-6H2,2-3H3;2-3H2,1H3,(H,4,5,6). The monoisotopic (exact) mass is 283 g/mol. The van der Waals surface area contributed by atoms with Gasteiger partial charge < -0.3 is 14.2 Å². The number of rotatable bonds is 7. The molecule has 0 aliphatic carbocycles. The van der Waals surface area contributed by atoms with Crippen LogP contribution in [0.2, 0.25) is 0 Å². The molecule has 0 rings (SSSR count). The lowest BCUT2D eigenvalue weighted by molar-refractivity contribution is -0.858. The van der Waals surface area contributed by atoms with Crippen LogP contribution in [-0.2, 0) is 24.1 Å². The van der Waals surface area contributed by atoms with E-state index in [1.165, 1.54) is 11.0 Å². The van der Waals surface area contributed by atoms with Crippen LogP contribution < -0.4 is 4.90 Å². The number of carbonyl (C=O) groups excluding carboxylic acids is 1. The normalized spacial score (nSPS) is 10.5. The van der Waals surface area contributed by atoms with Gasteiger partial charge in [-0.2, -0.15) is 0 Å². The average molecular weight is 283 g/mol. The summed E-state index contributed by atoms with van der Waals surface area (Å²) in [6.45, 7) is 6.27. The molecule has 1 N–H and O–H groups in total. The summed E-state index contributed by atoms with van der Waals surface area (Å²) in [4.78, 5) is 11.7. The third-order valence-corrected chi connectivity index (χ3v) is 1.90. The summed E-state index contributed by atoms with van der Waals surface area (Å²) >= 11 is 0. The van der Waals surface area contributed by atoms with E-state index in [9.17, 15) is 17.8 Å². The molecular formula is C10H21NO6S. The molecule has 0 aromatic carbocycles. The van der Waals surface area contributed by atoms with Crippen molar-refractivity contribution in [2.75, 3.05) is 33.9 Å². The quantitative estimate of drug-likeness (QED) is 0.271. The molecule has 0 aliphatic heterocycles. The van der Waals surface area contributed by atoms with E-state index in [1.54, 1.807) is 6.92 Å². The summed E-state index contributed by atoms with van der Waals surface area (Å²) in [5, 5.41) is 0. The van der Waals surface area contributed by atoms with Crippen molar-refractivity contribution in [3.63, 3.8) is 0 Å². The SMILES string of the molecule is C=CC(=O)OCC[NH+](C)C.CCCOS(=O)(=O)[O-]. The molecular weight excluding hydrogens is 262 g/mol. The molecule has 0 aromatic rings. The van der Waals surface area contributed by atoms with E-state index in [0.29, 0.717) is 13.0 Å². The summed E-state index contributed by atoms with van der Waals surface area (Å²) in [6, 6.07) is 0. The summed E-state index contributed by atoms with van der Waals surface area (Å²) in [5.41, 5.74) is 0. The lowest BCUT2D eigenvalue weighted by Gasteiger charge is -2.05. The fraction of sp³-hybridized carbons (Fsp3) is 0.700. The first-order valence-electron chi connectivity index (χ1n) is 5.41. The minimum atomic E-state index is -4.44. The Hall–Kier alpha value is -0.960. The fourth-order valence-corrected chi connectivity index (χ4v) is 0.971. The van der Waals surface area contributed by atoms with Crippen molar-refractivity contribution in [2.45, 2.75) is 13.3 Å². The van der Waals surface area contributed by atoms with Crippen LogP contribution in [0.4, 0.5) is 0 Å². The fourth-order valence-electron chi connectivity index (χ4n) is 0.600. The number of likely N-dealkylation sites (N-methyl/N-ethyl adjacent to an activating group) is 1. The van der Waals surface area contributed by atoms with Crippen LogP contribution in [0.15, 0.2) is 12.7 Å². The lowest BCUT2D eigenvalue weighted by atomic mass is 10.5. The molecule has 0 atom stereocenters. The van der Waals surface area contributed by atoms with E-state index in [1.807, 2.05) is 14.1 Å².